The molecule has 0 spiro atoms. The van der Waals surface area contributed by atoms with E-state index in [1.165, 1.54) is 10.4 Å². The van der Waals surface area contributed by atoms with Crippen LogP contribution in [0.1, 0.15) is 29.0 Å². The first-order chi connectivity index (χ1) is 13.2. The number of thiazole rings is 1. The van der Waals surface area contributed by atoms with Crippen LogP contribution in [0.3, 0.4) is 0 Å². The van der Waals surface area contributed by atoms with Crippen LogP contribution in [0.15, 0.2) is 30.3 Å². The van der Waals surface area contributed by atoms with Crippen molar-refractivity contribution in [1.29, 1.82) is 0 Å². The van der Waals surface area contributed by atoms with E-state index in [1.54, 1.807) is 11.3 Å². The number of hydrogen-bond acceptors (Lipinski definition) is 6. The van der Waals surface area contributed by atoms with E-state index in [4.69, 9.17) is 10.5 Å². The first-order valence-electron chi connectivity index (χ1n) is 9.58. The molecule has 29 heavy (non-hydrogen) atoms. The minimum absolute atomic E-state index is 0. The zero-order valence-electron chi connectivity index (χ0n) is 16.2. The van der Waals surface area contributed by atoms with Crippen molar-refractivity contribution in [3.8, 4) is 0 Å². The Morgan fingerprint density at radius 1 is 1.28 bits per heavy atom. The number of rotatable bonds is 5. The van der Waals surface area contributed by atoms with Gasteiger partial charge in [0.25, 0.3) is 0 Å². The molecule has 1 unspecified atom stereocenters. The summed E-state index contributed by atoms with van der Waals surface area (Å²) in [5.41, 5.74) is 8.60. The summed E-state index contributed by atoms with van der Waals surface area (Å²) in [5.74, 6) is 0.0591. The van der Waals surface area contributed by atoms with E-state index in [2.05, 4.69) is 39.5 Å². The summed E-state index contributed by atoms with van der Waals surface area (Å²) in [6.07, 6.45) is 2.61. The van der Waals surface area contributed by atoms with E-state index in [1.807, 2.05) is 6.07 Å². The van der Waals surface area contributed by atoms with E-state index in [0.29, 0.717) is 18.3 Å². The monoisotopic (exact) mass is 458 g/mol. The van der Waals surface area contributed by atoms with Crippen molar-refractivity contribution in [2.45, 2.75) is 38.4 Å². The molecule has 1 atom stereocenters. The van der Waals surface area contributed by atoms with Crippen LogP contribution in [0, 0.1) is 5.92 Å². The number of nitrogens with zero attached hydrogens (tertiary/aromatic N) is 2. The molecule has 0 saturated carbocycles. The Hall–Kier alpha value is -1.22. The van der Waals surface area contributed by atoms with Crippen LogP contribution in [0.5, 0.6) is 0 Å². The third-order valence-corrected chi connectivity index (χ3v) is 6.36. The van der Waals surface area contributed by atoms with Crippen LogP contribution in [-0.4, -0.2) is 41.6 Å². The topological polar surface area (TPSA) is 80.5 Å². The molecule has 6 nitrogen and oxygen atoms in total. The number of halogens is 2. The molecule has 3 heterocycles. The van der Waals surface area contributed by atoms with Crippen molar-refractivity contribution >= 4 is 47.2 Å². The number of carbonyl (C=O) groups is 1. The van der Waals surface area contributed by atoms with Crippen LogP contribution in [0.4, 0.5) is 5.13 Å². The number of carbonyl (C=O) groups excluding carboxylic acids is 1. The first-order valence-corrected chi connectivity index (χ1v) is 10.4. The normalized spacial score (nSPS) is 18.1. The lowest BCUT2D eigenvalue weighted by molar-refractivity contribution is -0.119. The number of benzene rings is 1. The van der Waals surface area contributed by atoms with Gasteiger partial charge in [0.05, 0.1) is 11.7 Å². The molecule has 0 aliphatic carbocycles. The van der Waals surface area contributed by atoms with E-state index in [9.17, 15) is 4.79 Å². The summed E-state index contributed by atoms with van der Waals surface area (Å²) in [6.45, 7) is 4.18. The van der Waals surface area contributed by atoms with Crippen LogP contribution >= 0.6 is 36.2 Å². The molecule has 4 rings (SSSR count). The lowest BCUT2D eigenvalue weighted by Crippen LogP contribution is -2.44. The van der Waals surface area contributed by atoms with Crippen molar-refractivity contribution in [2.24, 2.45) is 11.7 Å². The van der Waals surface area contributed by atoms with Crippen LogP contribution in [0.25, 0.3) is 0 Å². The molecule has 160 valence electrons. The fraction of sp³-hybridized carbons (Fsp3) is 0.500. The Labute approximate surface area is 188 Å². The van der Waals surface area contributed by atoms with Gasteiger partial charge in [-0.2, -0.15) is 0 Å². The summed E-state index contributed by atoms with van der Waals surface area (Å²) in [4.78, 5) is 20.8. The second-order valence-electron chi connectivity index (χ2n) is 7.30. The van der Waals surface area contributed by atoms with Crippen molar-refractivity contribution in [3.63, 3.8) is 0 Å². The molecule has 0 radical (unpaired) electrons. The van der Waals surface area contributed by atoms with Crippen molar-refractivity contribution in [3.05, 3.63) is 46.5 Å². The number of ether oxygens (including phenoxy) is 1. The number of hydrogen-bond donors (Lipinski definition) is 2. The molecule has 1 aromatic carbocycles. The number of anilines is 1. The molecule has 1 aromatic heterocycles. The van der Waals surface area contributed by atoms with Crippen LogP contribution in [-0.2, 0) is 29.0 Å². The van der Waals surface area contributed by atoms with E-state index < -0.39 is 6.04 Å². The molecule has 3 N–H and O–H groups in total. The Balaban J connectivity index is 0.00000150. The predicted molar refractivity (Wildman–Crippen MR) is 121 cm³/mol. The van der Waals surface area contributed by atoms with E-state index in [0.717, 1.165) is 44.6 Å². The van der Waals surface area contributed by atoms with Gasteiger partial charge < -0.3 is 15.8 Å². The number of amides is 1. The minimum atomic E-state index is -0.496. The second-order valence-corrected chi connectivity index (χ2v) is 8.38. The van der Waals surface area contributed by atoms with Gasteiger partial charge in [-0.25, -0.2) is 4.98 Å². The minimum Gasteiger partial charge on any atom is -0.381 e. The molecule has 2 aromatic rings. The van der Waals surface area contributed by atoms with Gasteiger partial charge in [-0.15, -0.1) is 36.2 Å². The van der Waals surface area contributed by atoms with Gasteiger partial charge >= 0.3 is 0 Å². The SMILES string of the molecule is Cl.Cl.NC(C(=O)Nc1nc2c(s1)CN(Cc1ccccc1)CC2)C1CCOCC1. The summed E-state index contributed by atoms with van der Waals surface area (Å²) < 4.78 is 5.35. The molecule has 2 aliphatic heterocycles. The number of aromatic nitrogens is 1. The predicted octanol–water partition coefficient (Wildman–Crippen LogP) is 3.24. The Kier molecular flexibility index (Phi) is 9.33. The summed E-state index contributed by atoms with van der Waals surface area (Å²) in [5, 5.41) is 3.62. The van der Waals surface area contributed by atoms with Crippen LogP contribution < -0.4 is 11.1 Å². The maximum absolute atomic E-state index is 12.5. The number of nitrogens with one attached hydrogen (secondary N) is 1. The van der Waals surface area contributed by atoms with Gasteiger partial charge in [0.1, 0.15) is 0 Å². The van der Waals surface area contributed by atoms with Gasteiger partial charge in [0.2, 0.25) is 5.91 Å². The fourth-order valence-corrected chi connectivity index (χ4v) is 4.81. The van der Waals surface area contributed by atoms with Gasteiger partial charge in [0.15, 0.2) is 5.13 Å². The standard InChI is InChI=1S/C20H26N4O2S.2ClH/c21-18(15-7-10-26-11-8-15)19(25)23-20-22-16-6-9-24(13-17(16)27-20)12-14-4-2-1-3-5-14;;/h1-5,15,18H,6-13,21H2,(H,22,23,25);2*1H. The molecular formula is C20H28Cl2N4O2S. The highest BCUT2D eigenvalue weighted by Gasteiger charge is 2.28. The molecule has 9 heteroatoms. The highest BCUT2D eigenvalue weighted by molar-refractivity contribution is 7.15. The fourth-order valence-electron chi connectivity index (χ4n) is 3.76. The van der Waals surface area contributed by atoms with Crippen molar-refractivity contribution in [2.75, 3.05) is 25.1 Å². The third-order valence-electron chi connectivity index (χ3n) is 5.37. The third kappa shape index (κ3) is 6.13. The van der Waals surface area contributed by atoms with Crippen LogP contribution in [0.2, 0.25) is 0 Å². The van der Waals surface area contributed by atoms with E-state index in [-0.39, 0.29) is 36.6 Å². The van der Waals surface area contributed by atoms with Gasteiger partial charge in [-0.05, 0) is 24.3 Å². The number of fused-ring (bicyclic) bond motifs is 1. The summed E-state index contributed by atoms with van der Waals surface area (Å²) in [6, 6.07) is 10.0. The highest BCUT2D eigenvalue weighted by Crippen LogP contribution is 2.29. The van der Waals surface area contributed by atoms with Crippen molar-refractivity contribution in [1.82, 2.24) is 9.88 Å². The number of nitrogens with two attached hydrogens (primary N) is 1. The quantitative estimate of drug-likeness (QED) is 0.718. The molecule has 1 saturated heterocycles. The lowest BCUT2D eigenvalue weighted by Gasteiger charge is -2.26. The Morgan fingerprint density at radius 3 is 2.72 bits per heavy atom. The maximum Gasteiger partial charge on any atom is 0.243 e. The molecule has 1 amide bonds. The lowest BCUT2D eigenvalue weighted by atomic mass is 9.92. The Morgan fingerprint density at radius 2 is 2.00 bits per heavy atom. The Bertz CT molecular complexity index is 784. The zero-order valence-corrected chi connectivity index (χ0v) is 18.7. The molecular weight excluding hydrogens is 431 g/mol. The first kappa shape index (κ1) is 24.1. The van der Waals surface area contributed by atoms with E-state index >= 15 is 0 Å². The largest absolute Gasteiger partial charge is 0.381 e. The smallest absolute Gasteiger partial charge is 0.243 e. The average molecular weight is 459 g/mol. The summed E-state index contributed by atoms with van der Waals surface area (Å²) in [7, 11) is 0. The molecule has 2 aliphatic rings. The molecule has 0 bridgehead atoms. The van der Waals surface area contributed by atoms with Gasteiger partial charge in [0, 0.05) is 44.1 Å². The maximum atomic E-state index is 12.5. The zero-order chi connectivity index (χ0) is 18.6. The second kappa shape index (κ2) is 11.2. The van der Waals surface area contributed by atoms with Gasteiger partial charge in [-0.1, -0.05) is 30.3 Å². The van der Waals surface area contributed by atoms with Gasteiger partial charge in [-0.3, -0.25) is 9.69 Å². The highest BCUT2D eigenvalue weighted by atomic mass is 35.5. The molecule has 1 fully saturated rings. The summed E-state index contributed by atoms with van der Waals surface area (Å²) >= 11 is 1.58. The van der Waals surface area contributed by atoms with Crippen molar-refractivity contribution < 1.29 is 9.53 Å². The average Bonchev–Trinajstić information content (AvgIpc) is 3.10.